The molecule has 2 N–H and O–H groups in total. The van der Waals surface area contributed by atoms with E-state index < -0.39 is 5.91 Å². The van der Waals surface area contributed by atoms with Gasteiger partial charge in [-0.25, -0.2) is 4.98 Å². The van der Waals surface area contributed by atoms with Gasteiger partial charge >= 0.3 is 0 Å². The second-order valence-corrected chi connectivity index (χ2v) is 6.81. The van der Waals surface area contributed by atoms with Crippen molar-refractivity contribution in [1.29, 1.82) is 0 Å². The monoisotopic (exact) mass is 425 g/mol. The molecule has 1 amide bonds. The third kappa shape index (κ3) is 4.23. The maximum Gasteiger partial charge on any atom is 0.278 e. The van der Waals surface area contributed by atoms with Crippen molar-refractivity contribution in [1.82, 2.24) is 30.1 Å². The maximum absolute atomic E-state index is 12.6. The van der Waals surface area contributed by atoms with Crippen LogP contribution in [0.25, 0.3) is 22.8 Å². The fourth-order valence-electron chi connectivity index (χ4n) is 2.56. The van der Waals surface area contributed by atoms with Gasteiger partial charge < -0.3 is 0 Å². The van der Waals surface area contributed by atoms with E-state index in [0.29, 0.717) is 33.1 Å². The van der Waals surface area contributed by atoms with E-state index >= 15 is 0 Å². The first-order chi connectivity index (χ1) is 14.0. The maximum atomic E-state index is 12.6. The van der Waals surface area contributed by atoms with E-state index in [1.165, 1.54) is 0 Å². The summed E-state index contributed by atoms with van der Waals surface area (Å²) in [6.07, 6.45) is 1.64. The molecule has 0 unspecified atom stereocenters. The van der Waals surface area contributed by atoms with Crippen LogP contribution < -0.4 is 5.32 Å². The number of rotatable bonds is 4. The van der Waals surface area contributed by atoms with Crippen LogP contribution >= 0.6 is 23.2 Å². The number of aromatic amines is 1. The van der Waals surface area contributed by atoms with Crippen LogP contribution in [0.4, 0.5) is 5.95 Å². The van der Waals surface area contributed by atoms with Crippen LogP contribution in [-0.4, -0.2) is 36.0 Å². The third-order valence-electron chi connectivity index (χ3n) is 3.91. The molecular formula is C19H13Cl2N7O. The summed E-state index contributed by atoms with van der Waals surface area (Å²) in [5, 5.41) is 10.3. The molecule has 8 nitrogen and oxygen atoms in total. The lowest BCUT2D eigenvalue weighted by molar-refractivity contribution is 0.102. The molecule has 3 aromatic heterocycles. The number of hydrogen-bond donors (Lipinski definition) is 2. The standard InChI is InChI=1S/C19H13Cl2N7O/c1-10-23-17(14-4-2-3-7-22-14)25-19(24-10)26-18(29)16-9-15(27-28-16)11-5-6-12(20)13(21)8-11/h2-9H,1H3,(H,27,28)(H,23,24,25,26,29). The molecule has 0 bridgehead atoms. The van der Waals surface area contributed by atoms with Gasteiger partial charge in [-0.2, -0.15) is 15.1 Å². The van der Waals surface area contributed by atoms with Gasteiger partial charge in [0.1, 0.15) is 11.5 Å². The van der Waals surface area contributed by atoms with Crippen molar-refractivity contribution in [2.75, 3.05) is 5.32 Å². The predicted molar refractivity (Wildman–Crippen MR) is 110 cm³/mol. The SMILES string of the molecule is Cc1nc(NC(=O)c2cc(-c3ccc(Cl)c(Cl)c3)[nH]n2)nc(-c2ccccn2)n1. The molecule has 0 radical (unpaired) electrons. The van der Waals surface area contributed by atoms with Crippen LogP contribution in [0.1, 0.15) is 16.3 Å². The molecule has 144 valence electrons. The summed E-state index contributed by atoms with van der Waals surface area (Å²) in [4.78, 5) is 29.5. The zero-order valence-electron chi connectivity index (χ0n) is 15.0. The second kappa shape index (κ2) is 7.94. The van der Waals surface area contributed by atoms with Gasteiger partial charge in [0.15, 0.2) is 11.5 Å². The lowest BCUT2D eigenvalue weighted by atomic mass is 10.1. The molecule has 3 heterocycles. The number of H-pyrrole nitrogens is 1. The van der Waals surface area contributed by atoms with E-state index in [4.69, 9.17) is 23.2 Å². The average Bonchev–Trinajstić information content (AvgIpc) is 3.21. The fourth-order valence-corrected chi connectivity index (χ4v) is 2.86. The molecule has 0 aliphatic heterocycles. The normalized spacial score (nSPS) is 10.7. The molecule has 4 rings (SSSR count). The highest BCUT2D eigenvalue weighted by atomic mass is 35.5. The third-order valence-corrected chi connectivity index (χ3v) is 4.65. The Hall–Kier alpha value is -3.36. The van der Waals surface area contributed by atoms with E-state index in [9.17, 15) is 4.79 Å². The molecule has 1 aromatic carbocycles. The second-order valence-electron chi connectivity index (χ2n) is 5.99. The fraction of sp³-hybridized carbons (Fsp3) is 0.0526. The van der Waals surface area contributed by atoms with Crippen molar-refractivity contribution < 1.29 is 4.79 Å². The Morgan fingerprint density at radius 2 is 1.90 bits per heavy atom. The minimum absolute atomic E-state index is 0.113. The molecule has 29 heavy (non-hydrogen) atoms. The molecule has 0 saturated carbocycles. The van der Waals surface area contributed by atoms with E-state index in [1.54, 1.807) is 49.5 Å². The first-order valence-electron chi connectivity index (χ1n) is 8.46. The number of amides is 1. The first kappa shape index (κ1) is 19.0. The highest BCUT2D eigenvalue weighted by Crippen LogP contribution is 2.27. The van der Waals surface area contributed by atoms with Crippen LogP contribution in [0.5, 0.6) is 0 Å². The highest BCUT2D eigenvalue weighted by Gasteiger charge is 2.15. The summed E-state index contributed by atoms with van der Waals surface area (Å²) in [6.45, 7) is 1.71. The predicted octanol–water partition coefficient (Wildman–Crippen LogP) is 4.19. The molecule has 0 aliphatic carbocycles. The Morgan fingerprint density at radius 3 is 2.66 bits per heavy atom. The summed E-state index contributed by atoms with van der Waals surface area (Å²) in [7, 11) is 0. The number of hydrogen-bond acceptors (Lipinski definition) is 6. The molecule has 4 aromatic rings. The van der Waals surface area contributed by atoms with Crippen LogP contribution in [0.15, 0.2) is 48.7 Å². The van der Waals surface area contributed by atoms with Crippen molar-refractivity contribution >= 4 is 35.1 Å². The lowest BCUT2D eigenvalue weighted by Crippen LogP contribution is -2.16. The van der Waals surface area contributed by atoms with Gasteiger partial charge in [-0.1, -0.05) is 35.3 Å². The van der Waals surface area contributed by atoms with E-state index in [-0.39, 0.29) is 11.6 Å². The van der Waals surface area contributed by atoms with Gasteiger partial charge in [-0.05, 0) is 37.3 Å². The molecule has 10 heteroatoms. The van der Waals surface area contributed by atoms with Crippen molar-refractivity contribution in [3.8, 4) is 22.8 Å². The number of pyridine rings is 1. The van der Waals surface area contributed by atoms with E-state index in [1.807, 2.05) is 6.07 Å². The van der Waals surface area contributed by atoms with E-state index in [2.05, 4.69) is 35.5 Å². The van der Waals surface area contributed by atoms with Gasteiger partial charge in [0.05, 0.1) is 15.7 Å². The topological polar surface area (TPSA) is 109 Å². The van der Waals surface area contributed by atoms with Gasteiger partial charge in [-0.15, -0.1) is 0 Å². The largest absolute Gasteiger partial charge is 0.289 e. The number of benzene rings is 1. The number of anilines is 1. The zero-order valence-corrected chi connectivity index (χ0v) is 16.5. The Kier molecular flexibility index (Phi) is 5.20. The summed E-state index contributed by atoms with van der Waals surface area (Å²) in [6, 6.07) is 12.1. The van der Waals surface area contributed by atoms with Crippen molar-refractivity contribution in [2.45, 2.75) is 6.92 Å². The van der Waals surface area contributed by atoms with Gasteiger partial charge in [0.25, 0.3) is 5.91 Å². The van der Waals surface area contributed by atoms with Crippen molar-refractivity contribution in [3.63, 3.8) is 0 Å². The van der Waals surface area contributed by atoms with E-state index in [0.717, 1.165) is 5.56 Å². The number of nitrogens with zero attached hydrogens (tertiary/aromatic N) is 5. The van der Waals surface area contributed by atoms with Crippen LogP contribution in [0.3, 0.4) is 0 Å². The summed E-state index contributed by atoms with van der Waals surface area (Å²) >= 11 is 12.0. The lowest BCUT2D eigenvalue weighted by Gasteiger charge is -2.05. The van der Waals surface area contributed by atoms with Gasteiger partial charge in [0, 0.05) is 11.8 Å². The number of nitrogens with one attached hydrogen (secondary N) is 2. The summed E-state index contributed by atoms with van der Waals surface area (Å²) < 4.78 is 0. The van der Waals surface area contributed by atoms with Crippen molar-refractivity contribution in [3.05, 3.63) is 70.2 Å². The number of aryl methyl sites for hydroxylation is 1. The molecular weight excluding hydrogens is 413 g/mol. The minimum atomic E-state index is -0.467. The number of carbonyl (C=O) groups is 1. The Balaban J connectivity index is 1.56. The number of halogens is 2. The van der Waals surface area contributed by atoms with Crippen molar-refractivity contribution in [2.24, 2.45) is 0 Å². The molecule has 0 saturated heterocycles. The number of aromatic nitrogens is 6. The first-order valence-corrected chi connectivity index (χ1v) is 9.21. The molecule has 0 aliphatic rings. The zero-order chi connectivity index (χ0) is 20.4. The quantitative estimate of drug-likeness (QED) is 0.507. The molecule has 0 fully saturated rings. The Labute approximate surface area is 175 Å². The summed E-state index contributed by atoms with van der Waals surface area (Å²) in [5.74, 6) is 0.466. The van der Waals surface area contributed by atoms with Gasteiger partial charge in [-0.3, -0.25) is 20.2 Å². The van der Waals surface area contributed by atoms with Crippen LogP contribution in [0.2, 0.25) is 10.0 Å². The highest BCUT2D eigenvalue weighted by molar-refractivity contribution is 6.42. The molecule has 0 atom stereocenters. The van der Waals surface area contributed by atoms with Crippen LogP contribution in [0, 0.1) is 6.92 Å². The average molecular weight is 426 g/mol. The Morgan fingerprint density at radius 1 is 1.03 bits per heavy atom. The number of carbonyl (C=O) groups excluding carboxylic acids is 1. The minimum Gasteiger partial charge on any atom is -0.289 e. The van der Waals surface area contributed by atoms with Crippen LogP contribution in [-0.2, 0) is 0 Å². The smallest absolute Gasteiger partial charge is 0.278 e. The van der Waals surface area contributed by atoms with Gasteiger partial charge in [0.2, 0.25) is 5.95 Å². The summed E-state index contributed by atoms with van der Waals surface area (Å²) in [5.41, 5.74) is 2.12. The Bertz CT molecular complexity index is 1190. The molecule has 0 spiro atoms.